The normalized spacial score (nSPS) is 20.7. The van der Waals surface area contributed by atoms with E-state index in [0.29, 0.717) is 18.7 Å². The van der Waals surface area contributed by atoms with Crippen molar-refractivity contribution >= 4 is 5.97 Å². The van der Waals surface area contributed by atoms with Crippen molar-refractivity contribution in [1.82, 2.24) is 9.55 Å². The maximum atomic E-state index is 11.9. The number of benzene rings is 2. The van der Waals surface area contributed by atoms with Crippen LogP contribution in [-0.4, -0.2) is 27.2 Å². The number of carboxylic acid groups (broad SMARTS) is 1. The van der Waals surface area contributed by atoms with E-state index in [4.69, 9.17) is 10.5 Å². The molecule has 1 aliphatic carbocycles. The van der Waals surface area contributed by atoms with Crippen molar-refractivity contribution in [3.63, 3.8) is 0 Å². The third-order valence-corrected chi connectivity index (χ3v) is 5.40. The van der Waals surface area contributed by atoms with Crippen molar-refractivity contribution in [2.75, 3.05) is 6.54 Å². The third-order valence-electron chi connectivity index (χ3n) is 5.40. The van der Waals surface area contributed by atoms with Gasteiger partial charge in [-0.25, -0.2) is 4.98 Å². The second-order valence-electron chi connectivity index (χ2n) is 7.18. The first-order valence-electron chi connectivity index (χ1n) is 9.45. The van der Waals surface area contributed by atoms with Crippen LogP contribution in [0.25, 0.3) is 5.69 Å². The molecule has 0 aliphatic heterocycles. The van der Waals surface area contributed by atoms with Gasteiger partial charge < -0.3 is 20.1 Å². The number of hydrogen-bond acceptors (Lipinski definition) is 4. The van der Waals surface area contributed by atoms with Crippen LogP contribution in [0.3, 0.4) is 0 Å². The lowest BCUT2D eigenvalue weighted by Gasteiger charge is -2.09. The van der Waals surface area contributed by atoms with Gasteiger partial charge in [0.1, 0.15) is 16.9 Å². The highest BCUT2D eigenvalue weighted by Crippen LogP contribution is 2.56. The summed E-state index contributed by atoms with van der Waals surface area (Å²) in [5.74, 6) is 0.826. The first-order chi connectivity index (χ1) is 13.6. The third kappa shape index (κ3) is 3.39. The number of nitrogens with two attached hydrogens (primary N) is 1. The maximum absolute atomic E-state index is 11.9. The number of aromatic nitrogens is 2. The average Bonchev–Trinajstić information content (AvgIpc) is 3.25. The maximum Gasteiger partial charge on any atom is 0.316 e. The molecule has 2 atom stereocenters. The van der Waals surface area contributed by atoms with E-state index in [0.717, 1.165) is 30.0 Å². The van der Waals surface area contributed by atoms with E-state index in [-0.39, 0.29) is 5.92 Å². The zero-order chi connectivity index (χ0) is 19.6. The molecule has 1 aliphatic rings. The number of rotatable bonds is 8. The fourth-order valence-corrected chi connectivity index (χ4v) is 3.73. The summed E-state index contributed by atoms with van der Waals surface area (Å²) in [5, 5.41) is 9.79. The quantitative estimate of drug-likeness (QED) is 0.624. The lowest BCUT2D eigenvalue weighted by Crippen LogP contribution is -2.23. The molecule has 0 unspecified atom stereocenters. The first-order valence-corrected chi connectivity index (χ1v) is 9.45. The van der Waals surface area contributed by atoms with Crippen LogP contribution in [-0.2, 0) is 10.2 Å². The smallest absolute Gasteiger partial charge is 0.316 e. The van der Waals surface area contributed by atoms with E-state index in [2.05, 4.69) is 4.98 Å². The van der Waals surface area contributed by atoms with E-state index < -0.39 is 11.4 Å². The minimum atomic E-state index is -0.864. The van der Waals surface area contributed by atoms with Crippen LogP contribution < -0.4 is 10.5 Å². The standard InChI is InChI=1S/C22H23N3O3/c23-12-4-5-16-13-22(16,21(26)27)20-14-25(15-24-20)17-8-10-19(11-9-17)28-18-6-2-1-3-7-18/h1-3,6-11,14-16H,4-5,12-13,23H2,(H,26,27)/t16-,22+/m0/s1. The van der Waals surface area contributed by atoms with Gasteiger partial charge in [0.15, 0.2) is 0 Å². The molecule has 6 heteroatoms. The molecule has 0 radical (unpaired) electrons. The summed E-state index contributed by atoms with van der Waals surface area (Å²) in [6.07, 6.45) is 5.78. The number of ether oxygens (including phenoxy) is 1. The molecule has 1 fully saturated rings. The molecule has 6 nitrogen and oxygen atoms in total. The molecule has 144 valence electrons. The summed E-state index contributed by atoms with van der Waals surface area (Å²) in [6, 6.07) is 17.2. The Hall–Kier alpha value is -3.12. The molecule has 28 heavy (non-hydrogen) atoms. The van der Waals surface area contributed by atoms with Gasteiger partial charge in [0.05, 0.1) is 12.0 Å². The van der Waals surface area contributed by atoms with Gasteiger partial charge >= 0.3 is 5.97 Å². The number of carboxylic acids is 1. The predicted octanol–water partition coefficient (Wildman–Crippen LogP) is 3.75. The molecule has 1 aromatic heterocycles. The summed E-state index contributed by atoms with van der Waals surface area (Å²) in [6.45, 7) is 0.581. The van der Waals surface area contributed by atoms with Gasteiger partial charge in [-0.1, -0.05) is 18.2 Å². The van der Waals surface area contributed by atoms with Gasteiger partial charge in [0.25, 0.3) is 0 Å². The SMILES string of the molecule is NCCC[C@H]1C[C@]1(C(=O)O)c1cn(-c2ccc(Oc3ccccc3)cc2)cn1. The minimum absolute atomic E-state index is 0.110. The van der Waals surface area contributed by atoms with Crippen LogP contribution >= 0.6 is 0 Å². The Morgan fingerprint density at radius 3 is 2.57 bits per heavy atom. The Morgan fingerprint density at radius 2 is 1.89 bits per heavy atom. The first kappa shape index (κ1) is 18.3. The highest BCUT2D eigenvalue weighted by Gasteiger charge is 2.62. The molecule has 0 amide bonds. The Morgan fingerprint density at radius 1 is 1.18 bits per heavy atom. The molecule has 0 saturated heterocycles. The van der Waals surface area contributed by atoms with Gasteiger partial charge in [-0.15, -0.1) is 0 Å². The minimum Gasteiger partial charge on any atom is -0.481 e. The van der Waals surface area contributed by atoms with E-state index >= 15 is 0 Å². The lowest BCUT2D eigenvalue weighted by molar-refractivity contribution is -0.140. The van der Waals surface area contributed by atoms with Crippen molar-refractivity contribution in [3.05, 3.63) is 72.8 Å². The topological polar surface area (TPSA) is 90.4 Å². The molecular weight excluding hydrogens is 354 g/mol. The molecule has 1 saturated carbocycles. The zero-order valence-electron chi connectivity index (χ0n) is 15.5. The number of hydrogen-bond donors (Lipinski definition) is 2. The molecule has 3 aromatic rings. The van der Waals surface area contributed by atoms with Crippen molar-refractivity contribution in [3.8, 4) is 17.2 Å². The monoisotopic (exact) mass is 377 g/mol. The molecule has 3 N–H and O–H groups in total. The highest BCUT2D eigenvalue weighted by atomic mass is 16.5. The Kier molecular flexibility index (Phi) is 4.88. The number of para-hydroxylation sites is 1. The van der Waals surface area contributed by atoms with Gasteiger partial charge in [0.2, 0.25) is 0 Å². The predicted molar refractivity (Wildman–Crippen MR) is 106 cm³/mol. The van der Waals surface area contributed by atoms with Crippen LogP contribution in [0.2, 0.25) is 0 Å². The molecule has 1 heterocycles. The molecule has 4 rings (SSSR count). The second kappa shape index (κ2) is 7.48. The van der Waals surface area contributed by atoms with Gasteiger partial charge in [0, 0.05) is 11.9 Å². The van der Waals surface area contributed by atoms with Crippen LogP contribution in [0.4, 0.5) is 0 Å². The van der Waals surface area contributed by atoms with E-state index in [1.807, 2.05) is 65.4 Å². The fraction of sp³-hybridized carbons (Fsp3) is 0.273. The largest absolute Gasteiger partial charge is 0.481 e. The van der Waals surface area contributed by atoms with Crippen molar-refractivity contribution in [2.45, 2.75) is 24.7 Å². The summed E-state index contributed by atoms with van der Waals surface area (Å²) in [7, 11) is 0. The Bertz CT molecular complexity index is 953. The second-order valence-corrected chi connectivity index (χ2v) is 7.18. The number of carbonyl (C=O) groups is 1. The molecule has 2 aromatic carbocycles. The summed E-state index contributed by atoms with van der Waals surface area (Å²) in [5.41, 5.74) is 6.23. The molecule has 0 bridgehead atoms. The molecular formula is C22H23N3O3. The van der Waals surface area contributed by atoms with Crippen LogP contribution in [0.5, 0.6) is 11.5 Å². The molecule has 0 spiro atoms. The summed E-state index contributed by atoms with van der Waals surface area (Å²) >= 11 is 0. The zero-order valence-corrected chi connectivity index (χ0v) is 15.5. The summed E-state index contributed by atoms with van der Waals surface area (Å²) in [4.78, 5) is 16.3. The van der Waals surface area contributed by atoms with E-state index in [9.17, 15) is 9.90 Å². The average molecular weight is 377 g/mol. The fourth-order valence-electron chi connectivity index (χ4n) is 3.73. The van der Waals surface area contributed by atoms with Crippen molar-refractivity contribution in [1.29, 1.82) is 0 Å². The van der Waals surface area contributed by atoms with Crippen LogP contribution in [0.1, 0.15) is 25.0 Å². The number of aliphatic carboxylic acids is 1. The van der Waals surface area contributed by atoms with Gasteiger partial charge in [-0.05, 0) is 68.1 Å². The summed E-state index contributed by atoms with van der Waals surface area (Å²) < 4.78 is 7.66. The van der Waals surface area contributed by atoms with Crippen molar-refractivity contribution in [2.24, 2.45) is 11.7 Å². The van der Waals surface area contributed by atoms with Crippen molar-refractivity contribution < 1.29 is 14.6 Å². The van der Waals surface area contributed by atoms with Gasteiger partial charge in [-0.2, -0.15) is 0 Å². The number of imidazole rings is 1. The van der Waals surface area contributed by atoms with E-state index in [1.54, 1.807) is 6.33 Å². The Labute approximate surface area is 163 Å². The van der Waals surface area contributed by atoms with Gasteiger partial charge in [-0.3, -0.25) is 4.79 Å². The van der Waals surface area contributed by atoms with E-state index in [1.165, 1.54) is 0 Å². The highest BCUT2D eigenvalue weighted by molar-refractivity contribution is 5.85. The van der Waals surface area contributed by atoms with Crippen LogP contribution in [0, 0.1) is 5.92 Å². The lowest BCUT2D eigenvalue weighted by atomic mass is 9.98. The Balaban J connectivity index is 1.50. The number of nitrogens with zero attached hydrogens (tertiary/aromatic N) is 2. The van der Waals surface area contributed by atoms with Crippen LogP contribution in [0.15, 0.2) is 67.1 Å².